The molecule has 0 aliphatic heterocycles. The highest BCUT2D eigenvalue weighted by Gasteiger charge is 2.18. The highest BCUT2D eigenvalue weighted by Crippen LogP contribution is 2.37. The first kappa shape index (κ1) is 17.3. The summed E-state index contributed by atoms with van der Waals surface area (Å²) in [4.78, 5) is 7.65. The molecule has 0 aliphatic carbocycles. The van der Waals surface area contributed by atoms with Crippen molar-refractivity contribution < 1.29 is 19.8 Å². The van der Waals surface area contributed by atoms with Gasteiger partial charge in [0.05, 0.1) is 28.7 Å². The Kier molecular flexibility index (Phi) is 5.97. The molecule has 0 aliphatic rings. The van der Waals surface area contributed by atoms with Crippen LogP contribution in [0.5, 0.6) is 5.75 Å². The van der Waals surface area contributed by atoms with Crippen LogP contribution in [0, 0.1) is 6.92 Å². The second-order valence-electron chi connectivity index (χ2n) is 5.23. The molecule has 0 radical (unpaired) electrons. The molecule has 1 atom stereocenters. The van der Waals surface area contributed by atoms with Gasteiger partial charge in [-0.1, -0.05) is 6.07 Å². The van der Waals surface area contributed by atoms with Gasteiger partial charge in [0.15, 0.2) is 0 Å². The molecule has 2 aromatic rings. The molecule has 0 saturated heterocycles. The van der Waals surface area contributed by atoms with Crippen molar-refractivity contribution in [3.8, 4) is 17.0 Å². The summed E-state index contributed by atoms with van der Waals surface area (Å²) in [5.41, 5.74) is 4.83. The summed E-state index contributed by atoms with van der Waals surface area (Å²) in [5, 5.41) is 18.8. The number of aliphatic hydroxyl groups is 1. The minimum atomic E-state index is -0.593. The average molecular weight is 321 g/mol. The number of anilines is 1. The summed E-state index contributed by atoms with van der Waals surface area (Å²) in [6.45, 7) is 6.58. The zero-order valence-electron chi connectivity index (χ0n) is 13.6. The number of ether oxygens (including phenoxy) is 2. The fourth-order valence-corrected chi connectivity index (χ4v) is 2.24. The van der Waals surface area contributed by atoms with Crippen LogP contribution in [0.2, 0.25) is 0 Å². The second kappa shape index (κ2) is 7.96. The first-order valence-corrected chi connectivity index (χ1v) is 7.54. The van der Waals surface area contributed by atoms with Gasteiger partial charge in [-0.3, -0.25) is 10.7 Å². The van der Waals surface area contributed by atoms with Gasteiger partial charge >= 0.3 is 0 Å². The van der Waals surface area contributed by atoms with Crippen LogP contribution in [0.25, 0.3) is 11.3 Å². The van der Waals surface area contributed by atoms with E-state index in [1.165, 1.54) is 0 Å². The SMILES string of the molecule is CCOCc1nc(C)c(-c2c(NO)cccc2OCC(C)O)[nH]1. The summed E-state index contributed by atoms with van der Waals surface area (Å²) in [6.07, 6.45) is -0.593. The first-order valence-electron chi connectivity index (χ1n) is 7.54. The fourth-order valence-electron chi connectivity index (χ4n) is 2.24. The molecule has 0 fully saturated rings. The van der Waals surface area contributed by atoms with E-state index in [0.717, 1.165) is 11.4 Å². The number of aliphatic hydroxyl groups excluding tert-OH is 1. The summed E-state index contributed by atoms with van der Waals surface area (Å²) < 4.78 is 11.0. The third-order valence-electron chi connectivity index (χ3n) is 3.25. The molecule has 0 spiro atoms. The van der Waals surface area contributed by atoms with Crippen molar-refractivity contribution in [2.45, 2.75) is 33.5 Å². The zero-order valence-corrected chi connectivity index (χ0v) is 13.6. The van der Waals surface area contributed by atoms with Crippen LogP contribution in [0.1, 0.15) is 25.4 Å². The number of rotatable bonds is 8. The Balaban J connectivity index is 2.42. The van der Waals surface area contributed by atoms with Gasteiger partial charge in [-0.15, -0.1) is 0 Å². The molecule has 0 amide bonds. The Bertz CT molecular complexity index is 640. The smallest absolute Gasteiger partial charge is 0.132 e. The third-order valence-corrected chi connectivity index (χ3v) is 3.25. The highest BCUT2D eigenvalue weighted by molar-refractivity contribution is 5.82. The number of benzene rings is 1. The standard InChI is InChI=1S/C16H23N3O4/c1-4-22-9-14-17-11(3)16(18-14)15-12(19-21)6-5-7-13(15)23-8-10(2)20/h5-7,10,19-21H,4,8-9H2,1-3H3,(H,17,18). The molecule has 0 saturated carbocycles. The van der Waals surface area contributed by atoms with Crippen molar-refractivity contribution in [3.05, 3.63) is 29.7 Å². The molecule has 7 nitrogen and oxygen atoms in total. The summed E-state index contributed by atoms with van der Waals surface area (Å²) >= 11 is 0. The van der Waals surface area contributed by atoms with Gasteiger partial charge in [0.1, 0.15) is 24.8 Å². The Morgan fingerprint density at radius 1 is 1.39 bits per heavy atom. The van der Waals surface area contributed by atoms with Gasteiger partial charge in [0, 0.05) is 6.61 Å². The average Bonchev–Trinajstić information content (AvgIpc) is 2.90. The number of nitrogens with zero attached hydrogens (tertiary/aromatic N) is 1. The van der Waals surface area contributed by atoms with Gasteiger partial charge in [-0.2, -0.15) is 0 Å². The molecule has 4 N–H and O–H groups in total. The molecule has 23 heavy (non-hydrogen) atoms. The van der Waals surface area contributed by atoms with E-state index in [4.69, 9.17) is 9.47 Å². The van der Waals surface area contributed by atoms with Crippen LogP contribution in [-0.4, -0.2) is 39.6 Å². The molecule has 1 aromatic carbocycles. The lowest BCUT2D eigenvalue weighted by Crippen LogP contribution is -2.13. The monoisotopic (exact) mass is 321 g/mol. The van der Waals surface area contributed by atoms with E-state index in [1.807, 2.05) is 13.8 Å². The van der Waals surface area contributed by atoms with E-state index in [2.05, 4.69) is 15.4 Å². The largest absolute Gasteiger partial charge is 0.490 e. The molecule has 1 aromatic heterocycles. The molecule has 2 rings (SSSR count). The van der Waals surface area contributed by atoms with Crippen molar-refractivity contribution in [1.29, 1.82) is 0 Å². The van der Waals surface area contributed by atoms with E-state index in [-0.39, 0.29) is 6.61 Å². The van der Waals surface area contributed by atoms with Gasteiger partial charge in [-0.25, -0.2) is 4.98 Å². The van der Waals surface area contributed by atoms with Crippen molar-refractivity contribution in [2.24, 2.45) is 0 Å². The van der Waals surface area contributed by atoms with Crippen LogP contribution < -0.4 is 10.2 Å². The molecule has 0 bridgehead atoms. The third kappa shape index (κ3) is 4.22. The quantitative estimate of drug-likeness (QED) is 0.557. The molecule has 126 valence electrons. The van der Waals surface area contributed by atoms with E-state index in [9.17, 15) is 10.3 Å². The lowest BCUT2D eigenvalue weighted by Gasteiger charge is -2.15. The van der Waals surface area contributed by atoms with E-state index >= 15 is 0 Å². The van der Waals surface area contributed by atoms with Crippen LogP contribution in [0.3, 0.4) is 0 Å². The number of aromatic amines is 1. The zero-order chi connectivity index (χ0) is 16.8. The Morgan fingerprint density at radius 2 is 2.17 bits per heavy atom. The van der Waals surface area contributed by atoms with E-state index < -0.39 is 6.10 Å². The van der Waals surface area contributed by atoms with Crippen molar-refractivity contribution in [3.63, 3.8) is 0 Å². The molecular weight excluding hydrogens is 298 g/mol. The van der Waals surface area contributed by atoms with Crippen LogP contribution in [0.15, 0.2) is 18.2 Å². The first-order chi connectivity index (χ1) is 11.1. The topological polar surface area (TPSA) is 99.6 Å². The van der Waals surface area contributed by atoms with Crippen LogP contribution in [0.4, 0.5) is 5.69 Å². The van der Waals surface area contributed by atoms with Gasteiger partial charge < -0.3 is 19.6 Å². The lowest BCUT2D eigenvalue weighted by molar-refractivity contribution is 0.123. The number of aryl methyl sites for hydroxylation is 1. The maximum Gasteiger partial charge on any atom is 0.132 e. The minimum absolute atomic E-state index is 0.154. The fraction of sp³-hybridized carbons (Fsp3) is 0.438. The van der Waals surface area contributed by atoms with Crippen molar-refractivity contribution in [1.82, 2.24) is 9.97 Å². The highest BCUT2D eigenvalue weighted by atomic mass is 16.5. The number of H-pyrrole nitrogens is 1. The molecule has 7 heteroatoms. The minimum Gasteiger partial charge on any atom is -0.490 e. The number of nitrogens with one attached hydrogen (secondary N) is 2. The summed E-state index contributed by atoms with van der Waals surface area (Å²) in [7, 11) is 0. The number of hydrogen-bond acceptors (Lipinski definition) is 6. The van der Waals surface area contributed by atoms with E-state index in [0.29, 0.717) is 36.0 Å². The summed E-state index contributed by atoms with van der Waals surface area (Å²) in [5.74, 6) is 1.24. The number of imidazole rings is 1. The van der Waals surface area contributed by atoms with Gasteiger partial charge in [-0.05, 0) is 32.9 Å². The normalized spacial score (nSPS) is 12.2. The number of hydrogen-bond donors (Lipinski definition) is 4. The van der Waals surface area contributed by atoms with Gasteiger partial charge in [0.25, 0.3) is 0 Å². The van der Waals surface area contributed by atoms with Crippen LogP contribution in [-0.2, 0) is 11.3 Å². The lowest BCUT2D eigenvalue weighted by atomic mass is 10.1. The molecular formula is C16H23N3O4. The van der Waals surface area contributed by atoms with Crippen molar-refractivity contribution >= 4 is 5.69 Å². The predicted octanol–water partition coefficient (Wildman–Crippen LogP) is 2.48. The summed E-state index contributed by atoms with van der Waals surface area (Å²) in [6, 6.07) is 5.26. The Hall–Kier alpha value is -2.09. The van der Waals surface area contributed by atoms with Crippen molar-refractivity contribution in [2.75, 3.05) is 18.7 Å². The maximum absolute atomic E-state index is 9.43. The van der Waals surface area contributed by atoms with Crippen LogP contribution >= 0.6 is 0 Å². The predicted molar refractivity (Wildman–Crippen MR) is 86.7 cm³/mol. The van der Waals surface area contributed by atoms with E-state index in [1.54, 1.807) is 25.1 Å². The molecule has 1 heterocycles. The Morgan fingerprint density at radius 3 is 2.83 bits per heavy atom. The maximum atomic E-state index is 9.43. The molecule has 1 unspecified atom stereocenters. The Labute approximate surface area is 135 Å². The van der Waals surface area contributed by atoms with Gasteiger partial charge in [0.2, 0.25) is 0 Å². The number of aromatic nitrogens is 2. The second-order valence-corrected chi connectivity index (χ2v) is 5.23.